The van der Waals surface area contributed by atoms with Crippen molar-refractivity contribution in [3.63, 3.8) is 0 Å². The predicted molar refractivity (Wildman–Crippen MR) is 85.0 cm³/mol. The van der Waals surface area contributed by atoms with Crippen molar-refractivity contribution in [3.05, 3.63) is 24.3 Å². The van der Waals surface area contributed by atoms with Crippen LogP contribution in [-0.4, -0.2) is 36.8 Å². The van der Waals surface area contributed by atoms with Crippen LogP contribution in [0.15, 0.2) is 29.3 Å². The Morgan fingerprint density at radius 2 is 2.19 bits per heavy atom. The number of hydrogen-bond donors (Lipinski definition) is 1. The molecule has 0 spiro atoms. The average molecular weight is 309 g/mol. The third-order valence-electron chi connectivity index (χ3n) is 2.65. The number of hydrazine groups is 1. The number of nitrogens with zero attached hydrogens (tertiary/aromatic N) is 2. The lowest BCUT2D eigenvalue weighted by Gasteiger charge is -2.24. The zero-order valence-corrected chi connectivity index (χ0v) is 13.0. The molecule has 1 N–H and O–H groups in total. The van der Waals surface area contributed by atoms with E-state index < -0.39 is 6.09 Å². The minimum atomic E-state index is -0.486. The number of hydrogen-bond acceptors (Lipinski definition) is 6. The number of nitrogens with one attached hydrogen (secondary N) is 1. The summed E-state index contributed by atoms with van der Waals surface area (Å²) in [4.78, 5) is 16.5. The van der Waals surface area contributed by atoms with Crippen LogP contribution in [0.2, 0.25) is 0 Å². The minimum absolute atomic E-state index is 0.299. The number of ether oxygens (including phenoxy) is 2. The molecule has 21 heavy (non-hydrogen) atoms. The first-order valence-corrected chi connectivity index (χ1v) is 7.87. The van der Waals surface area contributed by atoms with E-state index in [2.05, 4.69) is 10.4 Å². The summed E-state index contributed by atoms with van der Waals surface area (Å²) in [6.07, 6.45) is -0.486. The summed E-state index contributed by atoms with van der Waals surface area (Å²) in [7, 11) is 0. The maximum absolute atomic E-state index is 12.2. The van der Waals surface area contributed by atoms with E-state index in [1.807, 2.05) is 25.1 Å². The number of aliphatic imine (C=N–C) groups is 1. The quantitative estimate of drug-likeness (QED) is 0.866. The first-order valence-electron chi connectivity index (χ1n) is 6.88. The van der Waals surface area contributed by atoms with E-state index in [4.69, 9.17) is 9.47 Å². The number of rotatable bonds is 4. The maximum Gasteiger partial charge on any atom is 0.433 e. The van der Waals surface area contributed by atoms with Crippen LogP contribution in [0.5, 0.6) is 5.75 Å². The molecule has 0 saturated heterocycles. The van der Waals surface area contributed by atoms with Crippen LogP contribution in [0, 0.1) is 0 Å². The molecule has 0 fully saturated rings. The van der Waals surface area contributed by atoms with E-state index in [9.17, 15) is 4.79 Å². The Kier molecular flexibility index (Phi) is 5.74. The molecular weight excluding hydrogens is 290 g/mol. The van der Waals surface area contributed by atoms with Crippen LogP contribution < -0.4 is 15.2 Å². The van der Waals surface area contributed by atoms with Gasteiger partial charge in [-0.25, -0.2) is 4.79 Å². The number of amidine groups is 1. The number of para-hydroxylation sites is 2. The monoisotopic (exact) mass is 309 g/mol. The first-order chi connectivity index (χ1) is 10.3. The summed E-state index contributed by atoms with van der Waals surface area (Å²) in [6.45, 7) is 5.23. The molecular formula is C14H19N3O3S. The van der Waals surface area contributed by atoms with Crippen molar-refractivity contribution in [2.75, 3.05) is 30.5 Å². The van der Waals surface area contributed by atoms with Gasteiger partial charge in [-0.15, -0.1) is 0 Å². The van der Waals surface area contributed by atoms with Crippen LogP contribution in [0.4, 0.5) is 10.5 Å². The molecule has 1 aliphatic heterocycles. The van der Waals surface area contributed by atoms with Crippen LogP contribution in [0.3, 0.4) is 0 Å². The SMILES string of the molecule is CCOC(=O)N(NC1=NCCS1)c1ccccc1OCC. The number of carbonyl (C=O) groups excluding carboxylic acids is 1. The third kappa shape index (κ3) is 4.04. The van der Waals surface area contributed by atoms with E-state index >= 15 is 0 Å². The fraction of sp³-hybridized carbons (Fsp3) is 0.429. The summed E-state index contributed by atoms with van der Waals surface area (Å²) in [6, 6.07) is 7.32. The number of thioether (sulfide) groups is 1. The molecule has 0 bridgehead atoms. The smallest absolute Gasteiger partial charge is 0.433 e. The van der Waals surface area contributed by atoms with Crippen molar-refractivity contribution in [2.24, 2.45) is 4.99 Å². The highest BCUT2D eigenvalue weighted by Crippen LogP contribution is 2.28. The van der Waals surface area contributed by atoms with E-state index in [0.29, 0.717) is 29.8 Å². The molecule has 0 aromatic heterocycles. The van der Waals surface area contributed by atoms with Gasteiger partial charge in [-0.1, -0.05) is 23.9 Å². The Labute approximate surface area is 128 Å². The highest BCUT2D eigenvalue weighted by Gasteiger charge is 2.23. The Hall–Kier alpha value is -1.89. The first kappa shape index (κ1) is 15.5. The maximum atomic E-state index is 12.2. The standard InChI is InChI=1S/C14H19N3O3S/c1-3-19-12-8-6-5-7-11(12)17(14(18)20-4-2)16-13-15-9-10-21-13/h5-8H,3-4,9-10H2,1-2H3,(H,15,16). The van der Waals surface area contributed by atoms with Crippen LogP contribution in [0.1, 0.15) is 13.8 Å². The normalized spacial score (nSPS) is 13.5. The lowest BCUT2D eigenvalue weighted by Crippen LogP contribution is -2.45. The average Bonchev–Trinajstić information content (AvgIpc) is 2.99. The summed E-state index contributed by atoms with van der Waals surface area (Å²) in [5.41, 5.74) is 3.61. The molecule has 0 saturated carbocycles. The molecule has 1 aliphatic rings. The van der Waals surface area contributed by atoms with Crippen LogP contribution in [-0.2, 0) is 4.74 Å². The van der Waals surface area contributed by atoms with Gasteiger partial charge in [0.2, 0.25) is 0 Å². The zero-order chi connectivity index (χ0) is 15.1. The van der Waals surface area contributed by atoms with E-state index in [1.54, 1.807) is 24.8 Å². The Balaban J connectivity index is 2.27. The van der Waals surface area contributed by atoms with E-state index in [1.165, 1.54) is 5.01 Å². The molecule has 1 aromatic rings. The summed E-state index contributed by atoms with van der Waals surface area (Å²) >= 11 is 1.57. The fourth-order valence-electron chi connectivity index (χ4n) is 1.81. The Bertz CT molecular complexity index is 522. The second-order valence-electron chi connectivity index (χ2n) is 4.08. The molecule has 114 valence electrons. The Morgan fingerprint density at radius 3 is 2.86 bits per heavy atom. The van der Waals surface area contributed by atoms with Crippen molar-refractivity contribution >= 4 is 28.7 Å². The Morgan fingerprint density at radius 1 is 1.38 bits per heavy atom. The van der Waals surface area contributed by atoms with Gasteiger partial charge in [-0.05, 0) is 26.0 Å². The van der Waals surface area contributed by atoms with E-state index in [0.717, 1.165) is 12.3 Å². The van der Waals surface area contributed by atoms with Gasteiger partial charge in [0, 0.05) is 5.75 Å². The molecule has 0 radical (unpaired) electrons. The molecule has 2 rings (SSSR count). The van der Waals surface area contributed by atoms with Gasteiger partial charge in [0.15, 0.2) is 5.17 Å². The minimum Gasteiger partial charge on any atom is -0.492 e. The molecule has 0 aliphatic carbocycles. The molecule has 1 heterocycles. The van der Waals surface area contributed by atoms with Crippen molar-refractivity contribution < 1.29 is 14.3 Å². The van der Waals surface area contributed by atoms with Crippen molar-refractivity contribution in [2.45, 2.75) is 13.8 Å². The second-order valence-corrected chi connectivity index (χ2v) is 5.17. The van der Waals surface area contributed by atoms with Crippen molar-refractivity contribution in [3.8, 4) is 5.75 Å². The molecule has 6 nitrogen and oxygen atoms in total. The molecule has 0 atom stereocenters. The number of anilines is 1. The third-order valence-corrected chi connectivity index (χ3v) is 3.53. The van der Waals surface area contributed by atoms with Crippen LogP contribution in [0.25, 0.3) is 0 Å². The fourth-order valence-corrected chi connectivity index (χ4v) is 2.52. The van der Waals surface area contributed by atoms with Gasteiger partial charge in [0.1, 0.15) is 11.4 Å². The van der Waals surface area contributed by atoms with Gasteiger partial charge in [-0.2, -0.15) is 5.01 Å². The summed E-state index contributed by atoms with van der Waals surface area (Å²) < 4.78 is 10.7. The zero-order valence-electron chi connectivity index (χ0n) is 12.2. The number of amides is 1. The topological polar surface area (TPSA) is 63.2 Å². The second kappa shape index (κ2) is 7.78. The lowest BCUT2D eigenvalue weighted by molar-refractivity contribution is 0.158. The molecule has 7 heteroatoms. The highest BCUT2D eigenvalue weighted by molar-refractivity contribution is 8.14. The van der Waals surface area contributed by atoms with Crippen molar-refractivity contribution in [1.29, 1.82) is 0 Å². The molecule has 0 unspecified atom stereocenters. The summed E-state index contributed by atoms with van der Waals surface area (Å²) in [5.74, 6) is 1.52. The molecule has 1 amide bonds. The van der Waals surface area contributed by atoms with E-state index in [-0.39, 0.29) is 0 Å². The lowest BCUT2D eigenvalue weighted by atomic mass is 10.3. The summed E-state index contributed by atoms with van der Waals surface area (Å²) in [5, 5.41) is 2.04. The van der Waals surface area contributed by atoms with Gasteiger partial charge in [-0.3, -0.25) is 10.4 Å². The predicted octanol–water partition coefficient (Wildman–Crippen LogP) is 2.66. The van der Waals surface area contributed by atoms with Crippen LogP contribution >= 0.6 is 11.8 Å². The molecule has 1 aromatic carbocycles. The van der Waals surface area contributed by atoms with Gasteiger partial charge < -0.3 is 9.47 Å². The highest BCUT2D eigenvalue weighted by atomic mass is 32.2. The van der Waals surface area contributed by atoms with Gasteiger partial charge >= 0.3 is 6.09 Å². The van der Waals surface area contributed by atoms with Gasteiger partial charge in [0.05, 0.1) is 19.8 Å². The number of carbonyl (C=O) groups is 1. The van der Waals surface area contributed by atoms with Gasteiger partial charge in [0.25, 0.3) is 0 Å². The van der Waals surface area contributed by atoms with Crippen molar-refractivity contribution in [1.82, 2.24) is 5.43 Å². The largest absolute Gasteiger partial charge is 0.492 e. The number of benzene rings is 1.